The molecule has 0 radical (unpaired) electrons. The first kappa shape index (κ1) is 15.0. The fourth-order valence-electron chi connectivity index (χ4n) is 1.37. The van der Waals surface area contributed by atoms with Crippen molar-refractivity contribution in [2.75, 3.05) is 5.32 Å². The van der Waals surface area contributed by atoms with Crippen molar-refractivity contribution in [3.63, 3.8) is 0 Å². The second kappa shape index (κ2) is 6.89. The maximum absolute atomic E-state index is 12.5. The van der Waals surface area contributed by atoms with Crippen molar-refractivity contribution in [3.05, 3.63) is 47.0 Å². The molecular formula is C12H9ClF2N4O2. The molecule has 0 saturated carbocycles. The van der Waals surface area contributed by atoms with Crippen LogP contribution in [-0.2, 0) is 11.3 Å². The van der Waals surface area contributed by atoms with Crippen LogP contribution >= 0.6 is 11.6 Å². The van der Waals surface area contributed by atoms with Crippen molar-refractivity contribution < 1.29 is 18.3 Å². The van der Waals surface area contributed by atoms with Gasteiger partial charge in [0.25, 0.3) is 6.43 Å². The van der Waals surface area contributed by atoms with Gasteiger partial charge >= 0.3 is 6.09 Å². The molecule has 1 aromatic heterocycles. The molecule has 0 aliphatic carbocycles. The molecule has 0 unspecified atom stereocenters. The average molecular weight is 315 g/mol. The zero-order chi connectivity index (χ0) is 15.2. The van der Waals surface area contributed by atoms with Gasteiger partial charge in [-0.1, -0.05) is 30.3 Å². The van der Waals surface area contributed by atoms with Crippen LogP contribution in [0.5, 0.6) is 0 Å². The van der Waals surface area contributed by atoms with Gasteiger partial charge in [0.05, 0.1) is 0 Å². The Hall–Kier alpha value is -2.35. The number of hydrogen-bond acceptors (Lipinski definition) is 5. The molecule has 0 aliphatic heterocycles. The third-order valence-electron chi connectivity index (χ3n) is 2.25. The van der Waals surface area contributed by atoms with Crippen molar-refractivity contribution in [3.8, 4) is 0 Å². The smallest absolute Gasteiger partial charge is 0.414 e. The second-order valence-electron chi connectivity index (χ2n) is 3.77. The molecule has 21 heavy (non-hydrogen) atoms. The lowest BCUT2D eigenvalue weighted by atomic mass is 10.2. The molecule has 1 amide bonds. The summed E-state index contributed by atoms with van der Waals surface area (Å²) in [5.74, 6) is -1.23. The van der Waals surface area contributed by atoms with Gasteiger partial charge in [0.15, 0.2) is 0 Å². The molecule has 1 aromatic carbocycles. The van der Waals surface area contributed by atoms with Crippen LogP contribution in [-0.4, -0.2) is 21.0 Å². The maximum Gasteiger partial charge on any atom is 0.414 e. The van der Waals surface area contributed by atoms with E-state index in [1.54, 1.807) is 24.3 Å². The minimum absolute atomic E-state index is 0.0210. The molecule has 0 bridgehead atoms. The van der Waals surface area contributed by atoms with E-state index in [9.17, 15) is 13.6 Å². The van der Waals surface area contributed by atoms with Crippen molar-refractivity contribution in [2.24, 2.45) is 0 Å². The highest BCUT2D eigenvalue weighted by Crippen LogP contribution is 2.17. The van der Waals surface area contributed by atoms with Gasteiger partial charge in [-0.3, -0.25) is 5.32 Å². The van der Waals surface area contributed by atoms with E-state index in [4.69, 9.17) is 16.3 Å². The van der Waals surface area contributed by atoms with Crippen LogP contribution in [0.1, 0.15) is 17.8 Å². The zero-order valence-corrected chi connectivity index (χ0v) is 11.2. The molecular weight excluding hydrogens is 306 g/mol. The number of halogens is 3. The Morgan fingerprint density at radius 1 is 1.24 bits per heavy atom. The molecule has 0 aliphatic rings. The topological polar surface area (TPSA) is 77.0 Å². The molecule has 6 nitrogen and oxygen atoms in total. The summed E-state index contributed by atoms with van der Waals surface area (Å²) < 4.78 is 29.8. The lowest BCUT2D eigenvalue weighted by Gasteiger charge is -2.07. The Morgan fingerprint density at radius 2 is 1.95 bits per heavy atom. The summed E-state index contributed by atoms with van der Waals surface area (Å²) in [6, 6.07) is 8.93. The first-order valence-corrected chi connectivity index (χ1v) is 6.09. The lowest BCUT2D eigenvalue weighted by Crippen LogP contribution is -2.16. The number of anilines is 1. The molecule has 0 saturated heterocycles. The number of alkyl halides is 2. The van der Waals surface area contributed by atoms with Crippen molar-refractivity contribution in [2.45, 2.75) is 13.0 Å². The Morgan fingerprint density at radius 3 is 2.62 bits per heavy atom. The van der Waals surface area contributed by atoms with Gasteiger partial charge in [-0.05, 0) is 17.2 Å². The molecule has 0 fully saturated rings. The van der Waals surface area contributed by atoms with Crippen molar-refractivity contribution in [1.82, 2.24) is 15.0 Å². The maximum atomic E-state index is 12.5. The highest BCUT2D eigenvalue weighted by molar-refractivity contribution is 6.28. The fourth-order valence-corrected chi connectivity index (χ4v) is 1.54. The summed E-state index contributed by atoms with van der Waals surface area (Å²) >= 11 is 5.46. The monoisotopic (exact) mass is 314 g/mol. The van der Waals surface area contributed by atoms with E-state index in [1.165, 1.54) is 0 Å². The Balaban J connectivity index is 1.96. The molecule has 2 aromatic rings. The number of aromatic nitrogens is 3. The molecule has 1 heterocycles. The van der Waals surface area contributed by atoms with Crippen molar-refractivity contribution in [1.29, 1.82) is 0 Å². The minimum Gasteiger partial charge on any atom is -0.444 e. The summed E-state index contributed by atoms with van der Waals surface area (Å²) in [7, 11) is 0. The third kappa shape index (κ3) is 4.60. The first-order valence-electron chi connectivity index (χ1n) is 5.72. The fraction of sp³-hybridized carbons (Fsp3) is 0.167. The summed E-state index contributed by atoms with van der Waals surface area (Å²) in [6.45, 7) is 0.0210. The van der Waals surface area contributed by atoms with E-state index in [1.807, 2.05) is 6.07 Å². The van der Waals surface area contributed by atoms with Crippen LogP contribution in [0.25, 0.3) is 0 Å². The SMILES string of the molecule is O=C(Nc1nc(Cl)nc(C(F)F)n1)OCc1ccccc1. The quantitative estimate of drug-likeness (QED) is 0.937. The van der Waals surface area contributed by atoms with Crippen LogP contribution in [0.4, 0.5) is 19.5 Å². The van der Waals surface area contributed by atoms with Gasteiger partial charge in [0, 0.05) is 0 Å². The summed E-state index contributed by atoms with van der Waals surface area (Å²) in [5, 5.41) is 1.66. The van der Waals surface area contributed by atoms with Crippen LogP contribution in [0, 0.1) is 0 Å². The number of carbonyl (C=O) groups is 1. The molecule has 1 N–H and O–H groups in total. The van der Waals surface area contributed by atoms with E-state index < -0.39 is 29.6 Å². The number of hydrogen-bond donors (Lipinski definition) is 1. The van der Waals surface area contributed by atoms with E-state index in [0.29, 0.717) is 0 Å². The molecule has 110 valence electrons. The lowest BCUT2D eigenvalue weighted by molar-refractivity contribution is 0.139. The zero-order valence-electron chi connectivity index (χ0n) is 10.5. The predicted molar refractivity (Wildman–Crippen MR) is 70.0 cm³/mol. The number of nitrogens with zero attached hydrogens (tertiary/aromatic N) is 3. The summed E-state index contributed by atoms with van der Waals surface area (Å²) in [6.07, 6.45) is -3.81. The number of amides is 1. The number of ether oxygens (including phenoxy) is 1. The largest absolute Gasteiger partial charge is 0.444 e. The van der Waals surface area contributed by atoms with Crippen LogP contribution in [0.15, 0.2) is 30.3 Å². The number of benzene rings is 1. The Labute approximate surface area is 123 Å². The summed E-state index contributed by atoms with van der Waals surface area (Å²) in [5.41, 5.74) is 0.773. The predicted octanol–water partition coefficient (Wildman–Crippen LogP) is 3.21. The van der Waals surface area contributed by atoms with Gasteiger partial charge < -0.3 is 4.74 Å². The van der Waals surface area contributed by atoms with E-state index >= 15 is 0 Å². The third-order valence-corrected chi connectivity index (χ3v) is 2.42. The standard InChI is InChI=1S/C12H9ClF2N4O2/c13-10-16-9(8(14)15)17-11(18-10)19-12(20)21-6-7-4-2-1-3-5-7/h1-5,8H,6H2,(H,16,17,18,19,20). The Kier molecular flexibility index (Phi) is 4.94. The highest BCUT2D eigenvalue weighted by atomic mass is 35.5. The van der Waals surface area contributed by atoms with E-state index in [-0.39, 0.29) is 6.61 Å². The number of nitrogens with one attached hydrogen (secondary N) is 1. The minimum atomic E-state index is -2.92. The van der Waals surface area contributed by atoms with Gasteiger partial charge in [0.1, 0.15) is 6.61 Å². The first-order chi connectivity index (χ1) is 10.0. The Bertz CT molecular complexity index is 628. The number of carbonyl (C=O) groups excluding carboxylic acids is 1. The molecule has 2 rings (SSSR count). The average Bonchev–Trinajstić information content (AvgIpc) is 2.45. The normalized spacial score (nSPS) is 10.5. The molecule has 0 atom stereocenters. The van der Waals surface area contributed by atoms with E-state index in [0.717, 1.165) is 5.56 Å². The van der Waals surface area contributed by atoms with Crippen LogP contribution in [0.2, 0.25) is 5.28 Å². The van der Waals surface area contributed by atoms with Crippen LogP contribution in [0.3, 0.4) is 0 Å². The highest BCUT2D eigenvalue weighted by Gasteiger charge is 2.15. The van der Waals surface area contributed by atoms with Crippen LogP contribution < -0.4 is 5.32 Å². The van der Waals surface area contributed by atoms with Crippen molar-refractivity contribution >= 4 is 23.6 Å². The van der Waals surface area contributed by atoms with Gasteiger partial charge in [0.2, 0.25) is 17.1 Å². The second-order valence-corrected chi connectivity index (χ2v) is 4.11. The summed E-state index contributed by atoms with van der Waals surface area (Å²) in [4.78, 5) is 21.6. The van der Waals surface area contributed by atoms with Gasteiger partial charge in [-0.15, -0.1) is 0 Å². The molecule has 0 spiro atoms. The molecule has 9 heteroatoms. The van der Waals surface area contributed by atoms with Gasteiger partial charge in [-0.2, -0.15) is 15.0 Å². The van der Waals surface area contributed by atoms with E-state index in [2.05, 4.69) is 20.3 Å². The van der Waals surface area contributed by atoms with Gasteiger partial charge in [-0.25, -0.2) is 13.6 Å². The number of rotatable bonds is 4.